The molecule has 0 heterocycles. The Morgan fingerprint density at radius 2 is 1.00 bits per heavy atom. The Bertz CT molecular complexity index is 249. The Morgan fingerprint density at radius 3 is 1.22 bits per heavy atom. The third-order valence-electron chi connectivity index (χ3n) is 2.35. The fraction of sp³-hybridized carbons (Fsp3) is 0.400. The molecule has 0 aliphatic carbocycles. The van der Waals surface area contributed by atoms with Crippen LogP contribution in [-0.2, 0) is 4.79 Å². The molecule has 0 aromatic heterocycles. The molecule has 0 spiro atoms. The summed E-state index contributed by atoms with van der Waals surface area (Å²) in [6.07, 6.45) is 7.17. The smallest absolute Gasteiger partial charge is 0.160 e. The summed E-state index contributed by atoms with van der Waals surface area (Å²) in [5.41, 5.74) is 0. The van der Waals surface area contributed by atoms with Crippen LogP contribution in [-0.4, -0.2) is 54.9 Å². The van der Waals surface area contributed by atoms with Gasteiger partial charge in [0.1, 0.15) is 0 Å². The van der Waals surface area contributed by atoms with Gasteiger partial charge in [-0.05, 0) is 0 Å². The van der Waals surface area contributed by atoms with Crippen LogP contribution in [0, 0.1) is 0 Å². The summed E-state index contributed by atoms with van der Waals surface area (Å²) in [4.78, 5) is 15.9. The molecule has 0 saturated carbocycles. The Morgan fingerprint density at radius 1 is 0.722 bits per heavy atom. The van der Waals surface area contributed by atoms with Crippen LogP contribution in [0.1, 0.15) is 0 Å². The number of carbonyl (C=O) groups is 1. The summed E-state index contributed by atoms with van der Waals surface area (Å²) >= 11 is 0. The largest absolute Gasteiger partial charge is 0.297 e. The van der Waals surface area contributed by atoms with Crippen molar-refractivity contribution < 1.29 is 4.79 Å². The van der Waals surface area contributed by atoms with Crippen molar-refractivity contribution in [3.05, 3.63) is 50.6 Å². The first kappa shape index (κ1) is 16.6. The molecule has 0 aromatic rings. The zero-order valence-electron chi connectivity index (χ0n) is 11.2. The van der Waals surface area contributed by atoms with E-state index in [1.54, 1.807) is 24.3 Å². The maximum atomic E-state index is 11.9. The summed E-state index contributed by atoms with van der Waals surface area (Å²) < 4.78 is 0. The Hall–Kier alpha value is -1.45. The maximum absolute atomic E-state index is 11.9. The van der Waals surface area contributed by atoms with Gasteiger partial charge >= 0.3 is 0 Å². The van der Waals surface area contributed by atoms with E-state index in [0.29, 0.717) is 39.3 Å². The zero-order chi connectivity index (χ0) is 13.8. The van der Waals surface area contributed by atoms with Crippen LogP contribution in [0.3, 0.4) is 0 Å². The third kappa shape index (κ3) is 7.76. The minimum absolute atomic E-state index is 0.183. The van der Waals surface area contributed by atoms with Crippen molar-refractivity contribution in [3.8, 4) is 0 Å². The first-order valence-electron chi connectivity index (χ1n) is 6.07. The summed E-state index contributed by atoms with van der Waals surface area (Å²) in [5, 5.41) is 0. The lowest BCUT2D eigenvalue weighted by Gasteiger charge is -2.21. The fourth-order valence-corrected chi connectivity index (χ4v) is 1.69. The highest BCUT2D eigenvalue weighted by Gasteiger charge is 2.11. The monoisotopic (exact) mass is 248 g/mol. The van der Waals surface area contributed by atoms with Gasteiger partial charge in [0.2, 0.25) is 0 Å². The van der Waals surface area contributed by atoms with E-state index in [4.69, 9.17) is 0 Å². The van der Waals surface area contributed by atoms with Crippen molar-refractivity contribution >= 4 is 5.78 Å². The van der Waals surface area contributed by atoms with Crippen LogP contribution in [0.5, 0.6) is 0 Å². The number of Topliss-reactive ketones (excluding diaryl/α,β-unsaturated/α-hetero) is 1. The molecular weight excluding hydrogens is 224 g/mol. The van der Waals surface area contributed by atoms with Gasteiger partial charge in [0.15, 0.2) is 5.78 Å². The fourth-order valence-electron chi connectivity index (χ4n) is 1.69. The highest BCUT2D eigenvalue weighted by atomic mass is 16.1. The van der Waals surface area contributed by atoms with Gasteiger partial charge in [0.25, 0.3) is 0 Å². The second kappa shape index (κ2) is 10.7. The lowest BCUT2D eigenvalue weighted by molar-refractivity contribution is -0.120. The first-order valence-corrected chi connectivity index (χ1v) is 6.07. The van der Waals surface area contributed by atoms with Crippen LogP contribution in [0.15, 0.2) is 50.6 Å². The standard InChI is InChI=1S/C15H24N2O/c1-5-9-16(10-6-2)13-15(18)14-17(11-7-3)12-8-4/h5-8H,1-4,9-14H2. The Labute approximate surface area is 111 Å². The molecule has 0 amide bonds. The number of hydrogen-bond donors (Lipinski definition) is 0. The summed E-state index contributed by atoms with van der Waals surface area (Å²) in [7, 11) is 0. The molecule has 0 bridgehead atoms. The Balaban J connectivity index is 4.25. The maximum Gasteiger partial charge on any atom is 0.160 e. The molecule has 0 N–H and O–H groups in total. The zero-order valence-corrected chi connectivity index (χ0v) is 11.2. The summed E-state index contributed by atoms with van der Waals surface area (Å²) in [5.74, 6) is 0.183. The number of carbonyl (C=O) groups excluding carboxylic acids is 1. The van der Waals surface area contributed by atoms with E-state index in [1.165, 1.54) is 0 Å². The average molecular weight is 248 g/mol. The molecule has 0 unspecified atom stereocenters. The molecule has 0 aromatic carbocycles. The van der Waals surface area contributed by atoms with Crippen molar-refractivity contribution in [2.24, 2.45) is 0 Å². The molecule has 0 fully saturated rings. The SMILES string of the molecule is C=CCN(CC=C)CC(=O)CN(CC=C)CC=C. The van der Waals surface area contributed by atoms with Gasteiger partial charge in [-0.3, -0.25) is 14.6 Å². The molecule has 3 heteroatoms. The lowest BCUT2D eigenvalue weighted by Crippen LogP contribution is -2.37. The number of nitrogens with zero attached hydrogens (tertiary/aromatic N) is 2. The Kier molecular flexibility index (Phi) is 9.83. The van der Waals surface area contributed by atoms with Crippen LogP contribution >= 0.6 is 0 Å². The minimum atomic E-state index is 0.183. The van der Waals surface area contributed by atoms with Crippen LogP contribution in [0.2, 0.25) is 0 Å². The van der Waals surface area contributed by atoms with E-state index < -0.39 is 0 Å². The molecule has 0 aliphatic rings. The number of ketones is 1. The van der Waals surface area contributed by atoms with Gasteiger partial charge in [0.05, 0.1) is 13.1 Å². The second-order valence-corrected chi connectivity index (χ2v) is 4.08. The number of hydrogen-bond acceptors (Lipinski definition) is 3. The molecule has 0 saturated heterocycles. The van der Waals surface area contributed by atoms with Gasteiger partial charge in [-0.25, -0.2) is 0 Å². The van der Waals surface area contributed by atoms with Crippen LogP contribution < -0.4 is 0 Å². The van der Waals surface area contributed by atoms with Crippen LogP contribution in [0.25, 0.3) is 0 Å². The highest BCUT2D eigenvalue weighted by molar-refractivity contribution is 5.82. The second-order valence-electron chi connectivity index (χ2n) is 4.08. The molecule has 0 aliphatic heterocycles. The van der Waals surface area contributed by atoms with Crippen molar-refractivity contribution in [2.45, 2.75) is 0 Å². The predicted molar refractivity (Wildman–Crippen MR) is 78.7 cm³/mol. The molecule has 0 rings (SSSR count). The predicted octanol–water partition coefficient (Wildman–Crippen LogP) is 1.90. The van der Waals surface area contributed by atoms with Gasteiger partial charge < -0.3 is 0 Å². The topological polar surface area (TPSA) is 23.6 Å². The third-order valence-corrected chi connectivity index (χ3v) is 2.35. The van der Waals surface area contributed by atoms with E-state index in [1.807, 2.05) is 9.80 Å². The molecule has 100 valence electrons. The van der Waals surface area contributed by atoms with Gasteiger partial charge in [-0.15, -0.1) is 26.3 Å². The van der Waals surface area contributed by atoms with Crippen molar-refractivity contribution in [1.29, 1.82) is 0 Å². The van der Waals surface area contributed by atoms with Crippen molar-refractivity contribution in [2.75, 3.05) is 39.3 Å². The van der Waals surface area contributed by atoms with E-state index in [2.05, 4.69) is 26.3 Å². The van der Waals surface area contributed by atoms with Crippen molar-refractivity contribution in [1.82, 2.24) is 9.80 Å². The molecular formula is C15H24N2O. The van der Waals surface area contributed by atoms with Gasteiger partial charge in [-0.1, -0.05) is 24.3 Å². The summed E-state index contributed by atoms with van der Waals surface area (Å²) in [6, 6.07) is 0. The molecule has 0 radical (unpaired) electrons. The summed E-state index contributed by atoms with van der Waals surface area (Å²) in [6.45, 7) is 18.4. The van der Waals surface area contributed by atoms with Crippen LogP contribution in [0.4, 0.5) is 0 Å². The normalized spacial score (nSPS) is 10.3. The quantitative estimate of drug-likeness (QED) is 0.493. The van der Waals surface area contributed by atoms with E-state index in [-0.39, 0.29) is 5.78 Å². The van der Waals surface area contributed by atoms with Crippen molar-refractivity contribution in [3.63, 3.8) is 0 Å². The molecule has 3 nitrogen and oxygen atoms in total. The van der Waals surface area contributed by atoms with Gasteiger partial charge in [-0.2, -0.15) is 0 Å². The minimum Gasteiger partial charge on any atom is -0.297 e. The molecule has 0 atom stereocenters. The average Bonchev–Trinajstić information content (AvgIpc) is 2.30. The van der Waals surface area contributed by atoms with E-state index >= 15 is 0 Å². The first-order chi connectivity index (χ1) is 8.67. The lowest BCUT2D eigenvalue weighted by atomic mass is 10.3. The van der Waals surface area contributed by atoms with Gasteiger partial charge in [0, 0.05) is 26.2 Å². The number of rotatable bonds is 12. The molecule has 18 heavy (non-hydrogen) atoms. The highest BCUT2D eigenvalue weighted by Crippen LogP contribution is 1.94. The van der Waals surface area contributed by atoms with E-state index in [0.717, 1.165) is 0 Å². The van der Waals surface area contributed by atoms with E-state index in [9.17, 15) is 4.79 Å².